The molecule has 0 fully saturated rings. The lowest BCUT2D eigenvalue weighted by Gasteiger charge is -2.06. The Morgan fingerprint density at radius 1 is 1.30 bits per heavy atom. The number of aromatic nitrogens is 3. The molecule has 3 rings (SSSR count). The van der Waals surface area contributed by atoms with Crippen molar-refractivity contribution >= 4 is 23.1 Å². The molecule has 2 N–H and O–H groups in total. The summed E-state index contributed by atoms with van der Waals surface area (Å²) >= 11 is 3.04. The van der Waals surface area contributed by atoms with Gasteiger partial charge in [0.15, 0.2) is 5.82 Å². The quantitative estimate of drug-likeness (QED) is 0.420. The van der Waals surface area contributed by atoms with Crippen LogP contribution in [0.3, 0.4) is 0 Å². The number of rotatable bonds is 6. The molecule has 23 heavy (non-hydrogen) atoms. The Hall–Kier alpha value is -2.50. The maximum atomic E-state index is 8.85. The van der Waals surface area contributed by atoms with Gasteiger partial charge >= 0.3 is 0 Å². The van der Waals surface area contributed by atoms with Crippen molar-refractivity contribution < 1.29 is 4.74 Å². The summed E-state index contributed by atoms with van der Waals surface area (Å²) in [5.74, 6) is 8.04. The van der Waals surface area contributed by atoms with Crippen LogP contribution in [0.15, 0.2) is 46.9 Å². The van der Waals surface area contributed by atoms with E-state index in [0.29, 0.717) is 34.7 Å². The molecule has 3 aromatic rings. The lowest BCUT2D eigenvalue weighted by Crippen LogP contribution is -2.12. The van der Waals surface area contributed by atoms with Gasteiger partial charge in [0.25, 0.3) is 0 Å². The van der Waals surface area contributed by atoms with Crippen molar-refractivity contribution in [1.29, 1.82) is 5.26 Å². The molecule has 0 radical (unpaired) electrons. The fourth-order valence-electron chi connectivity index (χ4n) is 1.90. The van der Waals surface area contributed by atoms with Gasteiger partial charge in [-0.3, -0.25) is 0 Å². The van der Waals surface area contributed by atoms with Crippen molar-refractivity contribution in [3.8, 4) is 22.5 Å². The first-order valence-corrected chi connectivity index (χ1v) is 8.64. The van der Waals surface area contributed by atoms with Crippen molar-refractivity contribution in [2.45, 2.75) is 5.16 Å². The van der Waals surface area contributed by atoms with Crippen LogP contribution in [0.4, 0.5) is 0 Å². The summed E-state index contributed by atoms with van der Waals surface area (Å²) in [6, 6.07) is 13.1. The number of benzene rings is 1. The van der Waals surface area contributed by atoms with Crippen LogP contribution in [0.5, 0.6) is 5.75 Å². The Balaban J connectivity index is 1.54. The smallest absolute Gasteiger partial charge is 0.210 e. The van der Waals surface area contributed by atoms with Gasteiger partial charge in [0.1, 0.15) is 5.75 Å². The maximum Gasteiger partial charge on any atom is 0.210 e. The Bertz CT molecular complexity index is 823. The first kappa shape index (κ1) is 15.4. The number of hydrogen-bond acceptors (Lipinski definition) is 7. The lowest BCUT2D eigenvalue weighted by molar-refractivity contribution is 0.343. The normalized spacial score (nSPS) is 10.4. The molecular formula is C15H13N5OS2. The SMILES string of the molecule is N#Cc1cccc(OCCSc2nnc(-c3cccs3)n2N)c1. The van der Waals surface area contributed by atoms with Gasteiger partial charge in [-0.2, -0.15) is 5.26 Å². The number of hydrogen-bond donors (Lipinski definition) is 1. The van der Waals surface area contributed by atoms with Crippen molar-refractivity contribution in [1.82, 2.24) is 14.9 Å². The van der Waals surface area contributed by atoms with Gasteiger partial charge in [-0.05, 0) is 29.6 Å². The van der Waals surface area contributed by atoms with Crippen molar-refractivity contribution in [3.63, 3.8) is 0 Å². The van der Waals surface area contributed by atoms with Crippen LogP contribution in [0.2, 0.25) is 0 Å². The molecule has 116 valence electrons. The van der Waals surface area contributed by atoms with Crippen LogP contribution in [0.1, 0.15) is 5.56 Å². The zero-order valence-electron chi connectivity index (χ0n) is 12.0. The molecule has 2 aromatic heterocycles. The molecule has 0 unspecified atom stereocenters. The number of thiophene rings is 1. The third-order valence-electron chi connectivity index (χ3n) is 2.95. The number of nitrogens with zero attached hydrogens (tertiary/aromatic N) is 4. The molecule has 0 bridgehead atoms. The fraction of sp³-hybridized carbons (Fsp3) is 0.133. The van der Waals surface area contributed by atoms with E-state index in [1.165, 1.54) is 16.4 Å². The standard InChI is InChI=1S/C15H13N5OS2/c16-10-11-3-1-4-12(9-11)21-6-8-23-15-19-18-14(20(15)17)13-5-2-7-22-13/h1-5,7,9H,6,8,17H2. The first-order chi connectivity index (χ1) is 11.3. The van der Waals surface area contributed by atoms with Gasteiger partial charge in [-0.25, -0.2) is 4.68 Å². The summed E-state index contributed by atoms with van der Waals surface area (Å²) in [7, 11) is 0. The van der Waals surface area contributed by atoms with Crippen LogP contribution < -0.4 is 10.6 Å². The molecule has 0 aliphatic rings. The summed E-state index contributed by atoms with van der Waals surface area (Å²) < 4.78 is 7.11. The van der Waals surface area contributed by atoms with Crippen molar-refractivity contribution in [2.24, 2.45) is 0 Å². The summed E-state index contributed by atoms with van der Waals surface area (Å²) in [6.45, 7) is 0.487. The second-order valence-electron chi connectivity index (χ2n) is 4.49. The Kier molecular flexibility index (Phi) is 4.80. The predicted octanol–water partition coefficient (Wildman–Crippen LogP) is 2.76. The van der Waals surface area contributed by atoms with Crippen LogP contribution in [-0.4, -0.2) is 27.2 Å². The minimum Gasteiger partial charge on any atom is -0.493 e. The van der Waals surface area contributed by atoms with Crippen LogP contribution in [0.25, 0.3) is 10.7 Å². The summed E-state index contributed by atoms with van der Waals surface area (Å²) in [5.41, 5.74) is 0.581. The van der Waals surface area contributed by atoms with E-state index < -0.39 is 0 Å². The van der Waals surface area contributed by atoms with E-state index in [-0.39, 0.29) is 0 Å². The van der Waals surface area contributed by atoms with Gasteiger partial charge in [-0.15, -0.1) is 21.5 Å². The lowest BCUT2D eigenvalue weighted by atomic mass is 10.2. The van der Waals surface area contributed by atoms with Crippen LogP contribution in [0, 0.1) is 11.3 Å². The van der Waals surface area contributed by atoms with E-state index in [2.05, 4.69) is 16.3 Å². The minimum atomic E-state index is 0.487. The molecule has 2 heterocycles. The van der Waals surface area contributed by atoms with Crippen LogP contribution >= 0.6 is 23.1 Å². The highest BCUT2D eigenvalue weighted by Gasteiger charge is 2.12. The van der Waals surface area contributed by atoms with Gasteiger partial charge in [0, 0.05) is 5.75 Å². The Morgan fingerprint density at radius 3 is 3.00 bits per heavy atom. The summed E-state index contributed by atoms with van der Waals surface area (Å²) in [5, 5.41) is 19.7. The molecule has 1 aromatic carbocycles. The van der Waals surface area contributed by atoms with Crippen molar-refractivity contribution in [3.05, 3.63) is 47.3 Å². The molecule has 0 saturated carbocycles. The topological polar surface area (TPSA) is 89.8 Å². The fourth-order valence-corrected chi connectivity index (χ4v) is 3.28. The van der Waals surface area contributed by atoms with Crippen molar-refractivity contribution in [2.75, 3.05) is 18.2 Å². The van der Waals surface area contributed by atoms with E-state index in [9.17, 15) is 0 Å². The molecule has 0 saturated heterocycles. The summed E-state index contributed by atoms with van der Waals surface area (Å²) in [6.07, 6.45) is 0. The third-order valence-corrected chi connectivity index (χ3v) is 4.73. The second kappa shape index (κ2) is 7.17. The number of nitrogen functional groups attached to an aromatic ring is 1. The zero-order valence-corrected chi connectivity index (χ0v) is 13.7. The molecule has 8 heteroatoms. The Labute approximate surface area is 141 Å². The predicted molar refractivity (Wildman–Crippen MR) is 90.9 cm³/mol. The summed E-state index contributed by atoms with van der Waals surface area (Å²) in [4.78, 5) is 0.983. The maximum absolute atomic E-state index is 8.85. The van der Waals surface area contributed by atoms with E-state index in [4.69, 9.17) is 15.8 Å². The highest BCUT2D eigenvalue weighted by Crippen LogP contribution is 2.25. The van der Waals surface area contributed by atoms with Crippen LogP contribution in [-0.2, 0) is 0 Å². The molecule has 0 atom stereocenters. The molecule has 0 aliphatic heterocycles. The average molecular weight is 343 g/mol. The largest absolute Gasteiger partial charge is 0.493 e. The minimum absolute atomic E-state index is 0.487. The molecule has 6 nitrogen and oxygen atoms in total. The Morgan fingerprint density at radius 2 is 2.22 bits per heavy atom. The van der Waals surface area contributed by atoms with Gasteiger partial charge in [0.05, 0.1) is 23.1 Å². The van der Waals surface area contributed by atoms with Gasteiger partial charge in [-0.1, -0.05) is 23.9 Å². The van der Waals surface area contributed by atoms with E-state index in [1.54, 1.807) is 29.5 Å². The number of ether oxygens (including phenoxy) is 1. The van der Waals surface area contributed by atoms with Gasteiger partial charge < -0.3 is 10.6 Å². The van der Waals surface area contributed by atoms with E-state index in [0.717, 1.165) is 4.88 Å². The first-order valence-electron chi connectivity index (χ1n) is 6.78. The zero-order chi connectivity index (χ0) is 16.1. The van der Waals surface area contributed by atoms with Gasteiger partial charge in [0.2, 0.25) is 5.16 Å². The highest BCUT2D eigenvalue weighted by atomic mass is 32.2. The number of nitrogens with two attached hydrogens (primary N) is 1. The molecular weight excluding hydrogens is 330 g/mol. The highest BCUT2D eigenvalue weighted by molar-refractivity contribution is 7.99. The molecule has 0 spiro atoms. The molecule has 0 aliphatic carbocycles. The molecule has 0 amide bonds. The number of thioether (sulfide) groups is 1. The van der Waals surface area contributed by atoms with E-state index >= 15 is 0 Å². The van der Waals surface area contributed by atoms with E-state index in [1.807, 2.05) is 23.6 Å². The monoisotopic (exact) mass is 343 g/mol. The number of nitriles is 1. The average Bonchev–Trinajstić information content (AvgIpc) is 3.22. The third kappa shape index (κ3) is 3.64. The second-order valence-corrected chi connectivity index (χ2v) is 6.50.